The second-order valence-corrected chi connectivity index (χ2v) is 9.21. The summed E-state index contributed by atoms with van der Waals surface area (Å²) in [6.07, 6.45) is 6.06. The van der Waals surface area contributed by atoms with E-state index < -0.39 is 6.04 Å². The number of nitrogens with one attached hydrogen (secondary N) is 2. The summed E-state index contributed by atoms with van der Waals surface area (Å²) >= 11 is 0. The summed E-state index contributed by atoms with van der Waals surface area (Å²) in [7, 11) is 2.03. The Morgan fingerprint density at radius 3 is 2.61 bits per heavy atom. The molecule has 0 radical (unpaired) electrons. The van der Waals surface area contributed by atoms with E-state index in [1.54, 1.807) is 0 Å². The van der Waals surface area contributed by atoms with Crippen molar-refractivity contribution in [1.29, 1.82) is 0 Å². The normalized spacial score (nSPS) is 17.5. The van der Waals surface area contributed by atoms with E-state index in [0.29, 0.717) is 19.3 Å². The molecule has 2 aromatic carbocycles. The van der Waals surface area contributed by atoms with Crippen molar-refractivity contribution in [2.24, 2.45) is 5.92 Å². The van der Waals surface area contributed by atoms with Crippen LogP contribution >= 0.6 is 0 Å². The molecule has 6 heteroatoms. The molecular weight excluding hydrogens is 414 g/mol. The molecule has 33 heavy (non-hydrogen) atoms. The average Bonchev–Trinajstić information content (AvgIpc) is 2.82. The fourth-order valence-corrected chi connectivity index (χ4v) is 4.46. The van der Waals surface area contributed by atoms with Crippen molar-refractivity contribution in [3.05, 3.63) is 42.5 Å². The van der Waals surface area contributed by atoms with Gasteiger partial charge in [0.2, 0.25) is 11.8 Å². The summed E-state index contributed by atoms with van der Waals surface area (Å²) in [5.41, 5.74) is 0.726. The van der Waals surface area contributed by atoms with Gasteiger partial charge < -0.3 is 15.5 Å². The van der Waals surface area contributed by atoms with Crippen molar-refractivity contribution in [1.82, 2.24) is 10.2 Å². The largest absolute Gasteiger partial charge is 0.344 e. The molecule has 3 rings (SSSR count). The SMILES string of the molecule is CCC(=O)CCCCC[C@H](NC(=O)C1CCCN(C)C1)C(=O)Nc1ccc2ccccc2c1. The van der Waals surface area contributed by atoms with Crippen molar-refractivity contribution in [3.8, 4) is 0 Å². The molecule has 1 unspecified atom stereocenters. The van der Waals surface area contributed by atoms with E-state index in [1.807, 2.05) is 56.4 Å². The maximum absolute atomic E-state index is 13.2. The zero-order valence-corrected chi connectivity index (χ0v) is 19.9. The zero-order valence-electron chi connectivity index (χ0n) is 19.9. The minimum absolute atomic E-state index is 0.0404. The molecule has 1 saturated heterocycles. The summed E-state index contributed by atoms with van der Waals surface area (Å²) in [5, 5.41) is 8.20. The van der Waals surface area contributed by atoms with Gasteiger partial charge in [-0.05, 0) is 62.2 Å². The van der Waals surface area contributed by atoms with Crippen LogP contribution in [0.15, 0.2) is 42.5 Å². The van der Waals surface area contributed by atoms with E-state index in [0.717, 1.165) is 61.7 Å². The van der Waals surface area contributed by atoms with E-state index in [-0.39, 0.29) is 23.5 Å². The maximum atomic E-state index is 13.2. The molecule has 6 nitrogen and oxygen atoms in total. The van der Waals surface area contributed by atoms with E-state index in [1.165, 1.54) is 0 Å². The van der Waals surface area contributed by atoms with Crippen LogP contribution < -0.4 is 10.6 Å². The molecule has 2 N–H and O–H groups in total. The van der Waals surface area contributed by atoms with E-state index in [2.05, 4.69) is 15.5 Å². The smallest absolute Gasteiger partial charge is 0.246 e. The van der Waals surface area contributed by atoms with Crippen molar-refractivity contribution in [2.75, 3.05) is 25.5 Å². The number of likely N-dealkylation sites (tertiary alicyclic amines) is 1. The highest BCUT2D eigenvalue weighted by molar-refractivity contribution is 5.99. The van der Waals surface area contributed by atoms with Crippen LogP contribution in [0.4, 0.5) is 5.69 Å². The first-order valence-electron chi connectivity index (χ1n) is 12.3. The Morgan fingerprint density at radius 2 is 1.85 bits per heavy atom. The van der Waals surface area contributed by atoms with Gasteiger partial charge in [-0.3, -0.25) is 14.4 Å². The van der Waals surface area contributed by atoms with Gasteiger partial charge in [-0.1, -0.05) is 50.1 Å². The summed E-state index contributed by atoms with van der Waals surface area (Å²) in [6.45, 7) is 3.61. The van der Waals surface area contributed by atoms with Gasteiger partial charge in [0.25, 0.3) is 0 Å². The molecule has 0 bridgehead atoms. The predicted octanol–water partition coefficient (Wildman–Crippen LogP) is 4.53. The number of rotatable bonds is 11. The van der Waals surface area contributed by atoms with Gasteiger partial charge in [-0.2, -0.15) is 0 Å². The third-order valence-corrected chi connectivity index (χ3v) is 6.49. The Morgan fingerprint density at radius 1 is 1.06 bits per heavy atom. The highest BCUT2D eigenvalue weighted by Gasteiger charge is 2.28. The minimum Gasteiger partial charge on any atom is -0.344 e. The fraction of sp³-hybridized carbons (Fsp3) is 0.519. The number of fused-ring (bicyclic) bond motifs is 1. The number of anilines is 1. The quantitative estimate of drug-likeness (QED) is 0.492. The predicted molar refractivity (Wildman–Crippen MR) is 133 cm³/mol. The molecule has 2 amide bonds. The monoisotopic (exact) mass is 451 g/mol. The van der Waals surface area contributed by atoms with Gasteiger partial charge in [0.15, 0.2) is 0 Å². The molecule has 0 spiro atoms. The van der Waals surface area contributed by atoms with Crippen molar-refractivity contribution in [2.45, 2.75) is 64.3 Å². The average molecular weight is 452 g/mol. The highest BCUT2D eigenvalue weighted by Crippen LogP contribution is 2.20. The topological polar surface area (TPSA) is 78.5 Å². The standard InChI is InChI=1S/C27H37N3O3/c1-3-24(31)13-5-4-6-14-25(29-26(32)22-12-9-17-30(2)19-22)27(33)28-23-16-15-20-10-7-8-11-21(20)18-23/h7-8,10-11,15-16,18,22,25H,3-6,9,12-14,17,19H2,1-2H3,(H,28,33)(H,29,32)/t22?,25-/m0/s1. The lowest BCUT2D eigenvalue weighted by atomic mass is 9.96. The number of carbonyl (C=O) groups excluding carboxylic acids is 3. The molecule has 1 heterocycles. The number of unbranched alkanes of at least 4 members (excludes halogenated alkanes) is 2. The number of piperidine rings is 1. The van der Waals surface area contributed by atoms with Crippen LogP contribution in [0.25, 0.3) is 10.8 Å². The van der Waals surface area contributed by atoms with Gasteiger partial charge in [-0.15, -0.1) is 0 Å². The lowest BCUT2D eigenvalue weighted by Gasteiger charge is -2.30. The Labute approximate surface area is 197 Å². The summed E-state index contributed by atoms with van der Waals surface area (Å²) < 4.78 is 0. The van der Waals surface area contributed by atoms with Crippen LogP contribution in [-0.4, -0.2) is 48.7 Å². The zero-order chi connectivity index (χ0) is 23.6. The Balaban J connectivity index is 1.62. The van der Waals surface area contributed by atoms with Crippen LogP contribution in [0.3, 0.4) is 0 Å². The van der Waals surface area contributed by atoms with E-state index >= 15 is 0 Å². The molecule has 0 aliphatic carbocycles. The van der Waals surface area contributed by atoms with Crippen LogP contribution in [0.5, 0.6) is 0 Å². The van der Waals surface area contributed by atoms with Crippen LogP contribution in [0.1, 0.15) is 58.3 Å². The number of nitrogens with zero attached hydrogens (tertiary/aromatic N) is 1. The first-order valence-corrected chi connectivity index (χ1v) is 12.3. The van der Waals surface area contributed by atoms with Gasteiger partial charge in [0.1, 0.15) is 11.8 Å². The second kappa shape index (κ2) is 12.5. The van der Waals surface area contributed by atoms with Gasteiger partial charge >= 0.3 is 0 Å². The van der Waals surface area contributed by atoms with E-state index in [9.17, 15) is 14.4 Å². The second-order valence-electron chi connectivity index (χ2n) is 9.21. The van der Waals surface area contributed by atoms with Gasteiger partial charge in [0.05, 0.1) is 5.92 Å². The molecule has 0 saturated carbocycles. The Hall–Kier alpha value is -2.73. The fourth-order valence-electron chi connectivity index (χ4n) is 4.46. The van der Waals surface area contributed by atoms with Crippen molar-refractivity contribution < 1.29 is 14.4 Å². The summed E-state index contributed by atoms with van der Waals surface area (Å²) in [5.74, 6) is -0.0361. The molecule has 2 atom stereocenters. The molecule has 2 aromatic rings. The van der Waals surface area contributed by atoms with Crippen LogP contribution in [0.2, 0.25) is 0 Å². The first kappa shape index (κ1) is 24.9. The summed E-state index contributed by atoms with van der Waals surface area (Å²) in [4.78, 5) is 39.8. The molecule has 0 aromatic heterocycles. The molecule has 178 valence electrons. The third-order valence-electron chi connectivity index (χ3n) is 6.49. The molecule has 1 aliphatic rings. The van der Waals surface area contributed by atoms with Crippen molar-refractivity contribution in [3.63, 3.8) is 0 Å². The number of carbonyl (C=O) groups is 3. The highest BCUT2D eigenvalue weighted by atomic mass is 16.2. The number of hydrogen-bond donors (Lipinski definition) is 2. The lowest BCUT2D eigenvalue weighted by molar-refractivity contribution is -0.130. The first-order chi connectivity index (χ1) is 16.0. The number of amides is 2. The molecular formula is C27H37N3O3. The maximum Gasteiger partial charge on any atom is 0.246 e. The minimum atomic E-state index is -0.585. The van der Waals surface area contributed by atoms with Crippen LogP contribution in [0, 0.1) is 5.92 Å². The van der Waals surface area contributed by atoms with Crippen LogP contribution in [-0.2, 0) is 14.4 Å². The van der Waals surface area contributed by atoms with Gasteiger partial charge in [0, 0.05) is 25.1 Å². The Kier molecular flexibility index (Phi) is 9.43. The molecule has 1 aliphatic heterocycles. The van der Waals surface area contributed by atoms with Crippen molar-refractivity contribution >= 4 is 34.1 Å². The number of Topliss-reactive ketones (excluding diaryl/α,β-unsaturated/α-hetero) is 1. The number of ketones is 1. The number of benzene rings is 2. The van der Waals surface area contributed by atoms with Gasteiger partial charge in [-0.25, -0.2) is 0 Å². The number of hydrogen-bond acceptors (Lipinski definition) is 4. The van der Waals surface area contributed by atoms with E-state index in [4.69, 9.17) is 0 Å². The Bertz CT molecular complexity index is 959. The summed E-state index contributed by atoms with van der Waals surface area (Å²) in [6, 6.07) is 13.3. The third kappa shape index (κ3) is 7.67. The molecule has 1 fully saturated rings. The lowest BCUT2D eigenvalue weighted by Crippen LogP contribution is -2.49.